The van der Waals surface area contributed by atoms with Gasteiger partial charge in [-0.25, -0.2) is 9.78 Å². The van der Waals surface area contributed by atoms with Crippen LogP contribution < -0.4 is 15.5 Å². The molecule has 1 aromatic heterocycles. The molecule has 2 aromatic carbocycles. The molecule has 32 heavy (non-hydrogen) atoms. The van der Waals surface area contributed by atoms with Crippen molar-refractivity contribution in [3.63, 3.8) is 0 Å². The van der Waals surface area contributed by atoms with Crippen molar-refractivity contribution < 1.29 is 19.1 Å². The van der Waals surface area contributed by atoms with E-state index in [0.717, 1.165) is 17.3 Å². The third-order valence-electron chi connectivity index (χ3n) is 4.92. The van der Waals surface area contributed by atoms with Crippen molar-refractivity contribution in [2.45, 2.75) is 17.6 Å². The molecular formula is C21H20N6O4S. The van der Waals surface area contributed by atoms with Gasteiger partial charge in [-0.2, -0.15) is 5.01 Å². The lowest BCUT2D eigenvalue weighted by Crippen LogP contribution is -2.48. The Labute approximate surface area is 187 Å². The minimum Gasteiger partial charge on any atom is -0.497 e. The highest BCUT2D eigenvalue weighted by Gasteiger charge is 2.50. The highest BCUT2D eigenvalue weighted by Crippen LogP contribution is 2.30. The largest absolute Gasteiger partial charge is 0.497 e. The third-order valence-corrected chi connectivity index (χ3v) is 5.77. The fourth-order valence-corrected chi connectivity index (χ4v) is 3.78. The second-order valence-electron chi connectivity index (χ2n) is 7.08. The molecule has 11 heteroatoms. The van der Waals surface area contributed by atoms with Gasteiger partial charge in [0, 0.05) is 5.56 Å². The van der Waals surface area contributed by atoms with E-state index in [9.17, 15) is 14.4 Å². The van der Waals surface area contributed by atoms with Gasteiger partial charge in [-0.15, -0.1) is 5.10 Å². The Kier molecular flexibility index (Phi) is 5.82. The van der Waals surface area contributed by atoms with Crippen LogP contribution in [0.3, 0.4) is 0 Å². The molecule has 1 fully saturated rings. The number of methoxy groups -OCH3 is 1. The predicted molar refractivity (Wildman–Crippen MR) is 116 cm³/mol. The first-order valence-electron chi connectivity index (χ1n) is 9.62. The number of hydrogen-bond acceptors (Lipinski definition) is 7. The Bertz CT molecular complexity index is 1170. The third kappa shape index (κ3) is 4.14. The van der Waals surface area contributed by atoms with Crippen LogP contribution >= 0.6 is 11.8 Å². The van der Waals surface area contributed by atoms with Gasteiger partial charge in [0.15, 0.2) is 5.82 Å². The second-order valence-corrected chi connectivity index (χ2v) is 8.03. The van der Waals surface area contributed by atoms with Gasteiger partial charge in [-0.3, -0.25) is 20.1 Å². The van der Waals surface area contributed by atoms with E-state index in [-0.39, 0.29) is 5.75 Å². The molecule has 1 saturated heterocycles. The molecule has 1 atom stereocenters. The number of ether oxygens (including phenoxy) is 1. The Hall–Kier alpha value is -3.86. The summed E-state index contributed by atoms with van der Waals surface area (Å²) in [5, 5.41) is 10.6. The average Bonchev–Trinajstić information content (AvgIpc) is 3.37. The van der Waals surface area contributed by atoms with E-state index in [1.807, 2.05) is 30.3 Å². The number of thioether (sulfide) groups is 1. The Balaban J connectivity index is 1.39. The van der Waals surface area contributed by atoms with Crippen LogP contribution in [0.15, 0.2) is 59.8 Å². The van der Waals surface area contributed by atoms with Crippen molar-refractivity contribution in [2.24, 2.45) is 0 Å². The van der Waals surface area contributed by atoms with Gasteiger partial charge in [0.1, 0.15) is 11.3 Å². The molecule has 164 valence electrons. The lowest BCUT2D eigenvalue weighted by molar-refractivity contribution is -0.138. The molecule has 1 aliphatic heterocycles. The molecule has 3 aromatic rings. The first kappa shape index (κ1) is 21.4. The number of H-pyrrole nitrogens is 1. The molecule has 0 bridgehead atoms. The number of nitrogens with zero attached hydrogens (tertiary/aromatic N) is 3. The number of urea groups is 1. The minimum absolute atomic E-state index is 0.0843. The first-order chi connectivity index (χ1) is 15.4. The van der Waals surface area contributed by atoms with Crippen LogP contribution in [-0.2, 0) is 15.1 Å². The van der Waals surface area contributed by atoms with Crippen LogP contribution in [0.2, 0.25) is 0 Å². The molecule has 0 saturated carbocycles. The number of imide groups is 1. The Morgan fingerprint density at radius 1 is 1.19 bits per heavy atom. The fraction of sp³-hybridized carbons (Fsp3) is 0.190. The summed E-state index contributed by atoms with van der Waals surface area (Å²) in [6.45, 7) is 1.57. The second kappa shape index (κ2) is 8.71. The summed E-state index contributed by atoms with van der Waals surface area (Å²) in [6, 6.07) is 15.5. The van der Waals surface area contributed by atoms with Gasteiger partial charge >= 0.3 is 6.03 Å². The van der Waals surface area contributed by atoms with E-state index in [0.29, 0.717) is 27.3 Å². The minimum atomic E-state index is -1.33. The SMILES string of the molecule is COc1cccc([C@]2(C)NC(=O)N(NC(=O)CSc3n[nH]c(-c4ccccc4)n3)C2=O)c1. The zero-order valence-electron chi connectivity index (χ0n) is 17.3. The molecule has 10 nitrogen and oxygen atoms in total. The maximum Gasteiger partial charge on any atom is 0.344 e. The van der Waals surface area contributed by atoms with Gasteiger partial charge in [-0.05, 0) is 24.6 Å². The van der Waals surface area contributed by atoms with E-state index < -0.39 is 23.4 Å². The zero-order valence-corrected chi connectivity index (χ0v) is 18.1. The molecule has 1 aliphatic rings. The van der Waals surface area contributed by atoms with Crippen molar-refractivity contribution in [2.75, 3.05) is 12.9 Å². The average molecular weight is 452 g/mol. The monoisotopic (exact) mass is 452 g/mol. The number of nitrogens with one attached hydrogen (secondary N) is 3. The summed E-state index contributed by atoms with van der Waals surface area (Å²) in [5.74, 6) is -0.0977. The fourth-order valence-electron chi connectivity index (χ4n) is 3.19. The van der Waals surface area contributed by atoms with Crippen molar-refractivity contribution in [3.05, 3.63) is 60.2 Å². The highest BCUT2D eigenvalue weighted by atomic mass is 32.2. The van der Waals surface area contributed by atoms with E-state index in [1.54, 1.807) is 31.2 Å². The number of rotatable bonds is 7. The summed E-state index contributed by atoms with van der Waals surface area (Å²) < 4.78 is 5.19. The molecule has 2 heterocycles. The van der Waals surface area contributed by atoms with Gasteiger partial charge < -0.3 is 10.1 Å². The molecule has 0 radical (unpaired) electrons. The maximum atomic E-state index is 13.0. The summed E-state index contributed by atoms with van der Waals surface area (Å²) in [5.41, 5.74) is 2.43. The quantitative estimate of drug-likeness (QED) is 0.370. The number of hydrazine groups is 1. The van der Waals surface area contributed by atoms with Crippen LogP contribution in [0.1, 0.15) is 12.5 Å². The van der Waals surface area contributed by atoms with Crippen LogP contribution in [0.5, 0.6) is 5.75 Å². The van der Waals surface area contributed by atoms with Gasteiger partial charge in [0.05, 0.1) is 12.9 Å². The molecule has 3 N–H and O–H groups in total. The lowest BCUT2D eigenvalue weighted by atomic mass is 9.92. The van der Waals surface area contributed by atoms with Gasteiger partial charge in [0.2, 0.25) is 11.1 Å². The summed E-state index contributed by atoms with van der Waals surface area (Å²) in [7, 11) is 1.51. The topological polar surface area (TPSA) is 129 Å². The molecular weight excluding hydrogens is 432 g/mol. The normalized spacial score (nSPS) is 17.9. The number of aromatic nitrogens is 3. The molecule has 4 amide bonds. The lowest BCUT2D eigenvalue weighted by Gasteiger charge is -2.22. The van der Waals surface area contributed by atoms with Gasteiger partial charge in [0.25, 0.3) is 5.91 Å². The van der Waals surface area contributed by atoms with Crippen LogP contribution in [0, 0.1) is 0 Å². The molecule has 0 aliphatic carbocycles. The summed E-state index contributed by atoms with van der Waals surface area (Å²) >= 11 is 1.08. The molecule has 0 spiro atoms. The predicted octanol–water partition coefficient (Wildman–Crippen LogP) is 2.07. The van der Waals surface area contributed by atoms with Gasteiger partial charge in [-0.1, -0.05) is 54.2 Å². The molecule has 4 rings (SSSR count). The van der Waals surface area contributed by atoms with Crippen LogP contribution in [0.25, 0.3) is 11.4 Å². The number of carbonyl (C=O) groups excluding carboxylic acids is 3. The number of amides is 4. The maximum absolute atomic E-state index is 13.0. The van der Waals surface area contributed by atoms with E-state index in [1.165, 1.54) is 7.11 Å². The van der Waals surface area contributed by atoms with Crippen molar-refractivity contribution in [1.82, 2.24) is 30.9 Å². The number of aromatic amines is 1. The summed E-state index contributed by atoms with van der Waals surface area (Å²) in [6.07, 6.45) is 0. The van der Waals surface area contributed by atoms with Crippen LogP contribution in [0.4, 0.5) is 4.79 Å². The van der Waals surface area contributed by atoms with Crippen molar-refractivity contribution in [1.29, 1.82) is 0 Å². The Morgan fingerprint density at radius 3 is 2.72 bits per heavy atom. The van der Waals surface area contributed by atoms with E-state index in [2.05, 4.69) is 25.9 Å². The van der Waals surface area contributed by atoms with Crippen LogP contribution in [-0.4, -0.2) is 50.9 Å². The Morgan fingerprint density at radius 2 is 1.97 bits per heavy atom. The van der Waals surface area contributed by atoms with Crippen molar-refractivity contribution >= 4 is 29.6 Å². The number of carbonyl (C=O) groups is 3. The summed E-state index contributed by atoms with van der Waals surface area (Å²) in [4.78, 5) is 42.1. The standard InChI is InChI=1S/C21H20N6O4S/c1-21(14-9-6-10-15(11-14)31-2)18(29)27(20(30)23-21)26-16(28)12-32-19-22-17(24-25-19)13-7-4-3-5-8-13/h3-11H,12H2,1-2H3,(H,23,30)(H,26,28)(H,22,24,25)/t21-/m0/s1. The number of hydrogen-bond donors (Lipinski definition) is 3. The van der Waals surface area contributed by atoms with E-state index >= 15 is 0 Å². The number of benzene rings is 2. The van der Waals surface area contributed by atoms with E-state index in [4.69, 9.17) is 4.74 Å². The highest BCUT2D eigenvalue weighted by molar-refractivity contribution is 7.99. The zero-order chi connectivity index (χ0) is 22.7. The first-order valence-corrected chi connectivity index (χ1v) is 10.6. The smallest absolute Gasteiger partial charge is 0.344 e. The molecule has 0 unspecified atom stereocenters. The van der Waals surface area contributed by atoms with Crippen molar-refractivity contribution in [3.8, 4) is 17.1 Å².